The number of imide groups is 1. The lowest BCUT2D eigenvalue weighted by molar-refractivity contribution is -0.144. The van der Waals surface area contributed by atoms with Crippen molar-refractivity contribution in [1.29, 1.82) is 0 Å². The molecule has 5 nitrogen and oxygen atoms in total. The van der Waals surface area contributed by atoms with Crippen LogP contribution in [0.15, 0.2) is 41.4 Å². The van der Waals surface area contributed by atoms with E-state index >= 15 is 0 Å². The van der Waals surface area contributed by atoms with Crippen LogP contribution in [0.3, 0.4) is 0 Å². The molecule has 1 aliphatic carbocycles. The predicted octanol–water partition coefficient (Wildman–Crippen LogP) is 3.07. The second-order valence-corrected chi connectivity index (χ2v) is 7.21. The lowest BCUT2D eigenvalue weighted by atomic mass is 9.85. The predicted molar refractivity (Wildman–Crippen MR) is 97.2 cm³/mol. The normalized spacial score (nSPS) is 22.2. The fourth-order valence-electron chi connectivity index (χ4n) is 3.49. The third kappa shape index (κ3) is 4.33. The first-order chi connectivity index (χ1) is 12.6. The summed E-state index contributed by atoms with van der Waals surface area (Å²) in [7, 11) is 0. The van der Waals surface area contributed by atoms with Gasteiger partial charge in [0.25, 0.3) is 0 Å². The lowest BCUT2D eigenvalue weighted by Crippen LogP contribution is -2.32. The van der Waals surface area contributed by atoms with E-state index in [4.69, 9.17) is 16.3 Å². The SMILES string of the molecule is O=C(Cc1ccccc1)OCCCCN1C(=O)[C@H]2CC=C(Cl)C[C@@H]2C1=O. The molecule has 0 radical (unpaired) electrons. The third-order valence-corrected chi connectivity index (χ3v) is 5.20. The molecule has 0 aromatic heterocycles. The van der Waals surface area contributed by atoms with Crippen molar-refractivity contribution in [3.8, 4) is 0 Å². The highest BCUT2D eigenvalue weighted by Gasteiger charge is 2.47. The summed E-state index contributed by atoms with van der Waals surface area (Å²) in [4.78, 5) is 37.9. The number of unbranched alkanes of at least 4 members (excludes halogenated alkanes) is 1. The molecule has 138 valence electrons. The molecular formula is C20H22ClNO4. The van der Waals surface area contributed by atoms with Crippen LogP contribution in [0.1, 0.15) is 31.2 Å². The molecule has 0 spiro atoms. The van der Waals surface area contributed by atoms with Gasteiger partial charge in [-0.2, -0.15) is 0 Å². The zero-order valence-corrected chi connectivity index (χ0v) is 15.3. The number of allylic oxidation sites excluding steroid dienone is 2. The van der Waals surface area contributed by atoms with E-state index < -0.39 is 0 Å². The van der Waals surface area contributed by atoms with Crippen LogP contribution in [0.5, 0.6) is 0 Å². The van der Waals surface area contributed by atoms with Gasteiger partial charge in [-0.15, -0.1) is 0 Å². The minimum atomic E-state index is -0.302. The molecule has 6 heteroatoms. The maximum Gasteiger partial charge on any atom is 0.310 e. The van der Waals surface area contributed by atoms with E-state index in [1.54, 1.807) is 0 Å². The van der Waals surface area contributed by atoms with Gasteiger partial charge in [-0.25, -0.2) is 0 Å². The molecular weight excluding hydrogens is 354 g/mol. The summed E-state index contributed by atoms with van der Waals surface area (Å²) < 4.78 is 5.22. The number of rotatable bonds is 7. The molecule has 0 bridgehead atoms. The molecule has 1 aromatic carbocycles. The molecule has 0 saturated carbocycles. The summed E-state index contributed by atoms with van der Waals surface area (Å²) in [5.74, 6) is -1.04. The fraction of sp³-hybridized carbons (Fsp3) is 0.450. The number of fused-ring (bicyclic) bond motifs is 1. The van der Waals surface area contributed by atoms with Crippen molar-refractivity contribution in [2.24, 2.45) is 11.8 Å². The molecule has 1 heterocycles. The van der Waals surface area contributed by atoms with Crippen molar-refractivity contribution in [3.05, 3.63) is 47.0 Å². The summed E-state index contributed by atoms with van der Waals surface area (Å²) in [6, 6.07) is 9.43. The van der Waals surface area contributed by atoms with E-state index in [-0.39, 0.29) is 36.0 Å². The number of nitrogens with zero attached hydrogens (tertiary/aromatic N) is 1. The molecule has 1 aliphatic heterocycles. The van der Waals surface area contributed by atoms with Crippen molar-refractivity contribution in [3.63, 3.8) is 0 Å². The molecule has 1 saturated heterocycles. The smallest absolute Gasteiger partial charge is 0.310 e. The molecule has 26 heavy (non-hydrogen) atoms. The molecule has 2 amide bonds. The first-order valence-electron chi connectivity index (χ1n) is 8.95. The Hall–Kier alpha value is -2.14. The molecule has 0 unspecified atom stereocenters. The van der Waals surface area contributed by atoms with Crippen LogP contribution in [-0.4, -0.2) is 35.8 Å². The number of carbonyl (C=O) groups excluding carboxylic acids is 3. The average Bonchev–Trinajstić information content (AvgIpc) is 2.86. The first kappa shape index (κ1) is 18.6. The van der Waals surface area contributed by atoms with Crippen LogP contribution in [-0.2, 0) is 25.5 Å². The van der Waals surface area contributed by atoms with Gasteiger partial charge in [0.1, 0.15) is 0 Å². The van der Waals surface area contributed by atoms with Crippen molar-refractivity contribution >= 4 is 29.4 Å². The van der Waals surface area contributed by atoms with Gasteiger partial charge in [0.05, 0.1) is 24.9 Å². The number of halogens is 1. The third-order valence-electron chi connectivity index (χ3n) is 4.89. The van der Waals surface area contributed by atoms with Gasteiger partial charge in [-0.05, 0) is 31.2 Å². The van der Waals surface area contributed by atoms with Gasteiger partial charge in [0, 0.05) is 11.6 Å². The number of benzene rings is 1. The highest BCUT2D eigenvalue weighted by molar-refractivity contribution is 6.30. The van der Waals surface area contributed by atoms with E-state index in [0.29, 0.717) is 43.9 Å². The maximum absolute atomic E-state index is 12.4. The Morgan fingerprint density at radius 2 is 1.85 bits per heavy atom. The standard InChI is InChI=1S/C20H22ClNO4/c21-15-8-9-16-17(13-15)20(25)22(19(16)24)10-4-5-11-26-18(23)12-14-6-2-1-3-7-14/h1-3,6-8,16-17H,4-5,9-13H2/t16-,17-/m0/s1. The van der Waals surface area contributed by atoms with E-state index in [9.17, 15) is 14.4 Å². The number of esters is 1. The van der Waals surface area contributed by atoms with Gasteiger partial charge in [-0.1, -0.05) is 48.0 Å². The van der Waals surface area contributed by atoms with Crippen LogP contribution in [0, 0.1) is 11.8 Å². The van der Waals surface area contributed by atoms with Gasteiger partial charge in [0.15, 0.2) is 0 Å². The largest absolute Gasteiger partial charge is 0.465 e. The van der Waals surface area contributed by atoms with E-state index in [1.807, 2.05) is 36.4 Å². The molecule has 2 atom stereocenters. The Bertz CT molecular complexity index is 716. The lowest BCUT2D eigenvalue weighted by Gasteiger charge is -2.17. The summed E-state index contributed by atoms with van der Waals surface area (Å²) in [5.41, 5.74) is 0.917. The Kier molecular flexibility index (Phi) is 6.09. The summed E-state index contributed by atoms with van der Waals surface area (Å²) in [6.45, 7) is 0.667. The number of carbonyl (C=O) groups is 3. The second-order valence-electron chi connectivity index (χ2n) is 6.72. The molecule has 0 N–H and O–H groups in total. The summed E-state index contributed by atoms with van der Waals surface area (Å²) >= 11 is 6.01. The van der Waals surface area contributed by atoms with Crippen LogP contribution in [0.4, 0.5) is 0 Å². The monoisotopic (exact) mass is 375 g/mol. The number of hydrogen-bond donors (Lipinski definition) is 0. The van der Waals surface area contributed by atoms with Crippen molar-refractivity contribution < 1.29 is 19.1 Å². The summed E-state index contributed by atoms with van der Waals surface area (Å²) in [6.07, 6.45) is 4.33. The van der Waals surface area contributed by atoms with E-state index in [0.717, 1.165) is 5.56 Å². The van der Waals surface area contributed by atoms with E-state index in [2.05, 4.69) is 0 Å². The molecule has 2 aliphatic rings. The van der Waals surface area contributed by atoms with Crippen LogP contribution < -0.4 is 0 Å². The Morgan fingerprint density at radius 3 is 2.62 bits per heavy atom. The topological polar surface area (TPSA) is 63.7 Å². The highest BCUT2D eigenvalue weighted by atomic mass is 35.5. The minimum absolute atomic E-state index is 0.0958. The van der Waals surface area contributed by atoms with Gasteiger partial charge in [-0.3, -0.25) is 19.3 Å². The zero-order chi connectivity index (χ0) is 18.5. The number of hydrogen-bond acceptors (Lipinski definition) is 4. The quantitative estimate of drug-likeness (QED) is 0.417. The van der Waals surface area contributed by atoms with Gasteiger partial charge >= 0.3 is 5.97 Å². The van der Waals surface area contributed by atoms with Gasteiger partial charge in [0.2, 0.25) is 11.8 Å². The number of amides is 2. The first-order valence-corrected chi connectivity index (χ1v) is 9.33. The number of likely N-dealkylation sites (tertiary alicyclic amines) is 1. The van der Waals surface area contributed by atoms with Crippen molar-refractivity contribution in [2.45, 2.75) is 32.1 Å². The highest BCUT2D eigenvalue weighted by Crippen LogP contribution is 2.38. The molecule has 1 fully saturated rings. The Labute approximate surface area is 158 Å². The van der Waals surface area contributed by atoms with Crippen LogP contribution >= 0.6 is 11.6 Å². The Morgan fingerprint density at radius 1 is 1.12 bits per heavy atom. The van der Waals surface area contributed by atoms with Gasteiger partial charge < -0.3 is 4.74 Å². The maximum atomic E-state index is 12.4. The number of ether oxygens (including phenoxy) is 1. The fourth-order valence-corrected chi connectivity index (χ4v) is 3.74. The van der Waals surface area contributed by atoms with Crippen molar-refractivity contribution in [1.82, 2.24) is 4.90 Å². The van der Waals surface area contributed by atoms with Crippen molar-refractivity contribution in [2.75, 3.05) is 13.2 Å². The van der Waals surface area contributed by atoms with Crippen LogP contribution in [0.2, 0.25) is 0 Å². The molecule has 1 aromatic rings. The Balaban J connectivity index is 1.37. The minimum Gasteiger partial charge on any atom is -0.465 e. The second kappa shape index (κ2) is 8.49. The molecule has 3 rings (SSSR count). The average molecular weight is 376 g/mol. The zero-order valence-electron chi connectivity index (χ0n) is 14.5. The van der Waals surface area contributed by atoms with Crippen LogP contribution in [0.25, 0.3) is 0 Å². The summed E-state index contributed by atoms with van der Waals surface area (Å²) in [5, 5.41) is 0.666. The van der Waals surface area contributed by atoms with E-state index in [1.165, 1.54) is 4.90 Å².